The molecule has 0 bridgehead atoms. The summed E-state index contributed by atoms with van der Waals surface area (Å²) in [6.45, 7) is 5.86. The van der Waals surface area contributed by atoms with Crippen LogP contribution in [0.3, 0.4) is 0 Å². The van der Waals surface area contributed by atoms with Gasteiger partial charge in [-0.05, 0) is 69.6 Å². The van der Waals surface area contributed by atoms with Crippen LogP contribution in [0.4, 0.5) is 0 Å². The molecule has 0 unspecified atom stereocenters. The summed E-state index contributed by atoms with van der Waals surface area (Å²) in [7, 11) is 0. The minimum absolute atomic E-state index is 0.665. The van der Waals surface area contributed by atoms with E-state index in [1.165, 1.54) is 55.4 Å². The van der Waals surface area contributed by atoms with Gasteiger partial charge in [0.05, 0.1) is 0 Å². The first-order valence-corrected chi connectivity index (χ1v) is 8.30. The van der Waals surface area contributed by atoms with Crippen molar-refractivity contribution in [3.63, 3.8) is 0 Å². The van der Waals surface area contributed by atoms with E-state index in [9.17, 15) is 0 Å². The summed E-state index contributed by atoms with van der Waals surface area (Å²) in [6.07, 6.45) is 7.07. The molecular weight excluding hydrogens is 260 g/mol. The van der Waals surface area contributed by atoms with Crippen LogP contribution in [-0.2, 0) is 6.54 Å². The van der Waals surface area contributed by atoms with Crippen molar-refractivity contribution >= 4 is 11.0 Å². The number of aromatic nitrogens is 2. The number of rotatable bonds is 3. The van der Waals surface area contributed by atoms with E-state index >= 15 is 0 Å². The van der Waals surface area contributed by atoms with Gasteiger partial charge in [0.1, 0.15) is 5.65 Å². The van der Waals surface area contributed by atoms with E-state index in [1.54, 1.807) is 0 Å². The number of nitrogens with one attached hydrogen (secondary N) is 2. The maximum absolute atomic E-state index is 4.54. The number of hydrogen-bond donors (Lipinski definition) is 2. The lowest BCUT2D eigenvalue weighted by molar-refractivity contribution is 0.329. The van der Waals surface area contributed by atoms with Crippen LogP contribution in [0.15, 0.2) is 18.3 Å². The van der Waals surface area contributed by atoms with Crippen LogP contribution in [0.1, 0.15) is 42.9 Å². The Bertz CT molecular complexity index is 606. The Morgan fingerprint density at radius 3 is 2.81 bits per heavy atom. The number of fused-ring (bicyclic) bond motifs is 1. The van der Waals surface area contributed by atoms with Crippen LogP contribution in [0.2, 0.25) is 0 Å². The molecule has 4 heteroatoms. The van der Waals surface area contributed by atoms with Crippen molar-refractivity contribution in [3.8, 4) is 0 Å². The number of nitrogens with zero attached hydrogens (tertiary/aromatic N) is 2. The maximum Gasteiger partial charge on any atom is 0.137 e. The lowest BCUT2D eigenvalue weighted by Gasteiger charge is -2.24. The number of piperidine rings is 1. The van der Waals surface area contributed by atoms with Crippen molar-refractivity contribution in [2.24, 2.45) is 0 Å². The summed E-state index contributed by atoms with van der Waals surface area (Å²) >= 11 is 0. The summed E-state index contributed by atoms with van der Waals surface area (Å²) in [5.41, 5.74) is 4.03. The van der Waals surface area contributed by atoms with Gasteiger partial charge in [-0.3, -0.25) is 4.90 Å². The molecule has 0 amide bonds. The molecule has 2 aromatic rings. The van der Waals surface area contributed by atoms with Gasteiger partial charge in [-0.25, -0.2) is 4.98 Å². The molecule has 0 aromatic carbocycles. The van der Waals surface area contributed by atoms with Crippen molar-refractivity contribution in [2.45, 2.75) is 38.1 Å². The molecule has 0 aliphatic carbocycles. The van der Waals surface area contributed by atoms with Crippen LogP contribution in [0, 0.1) is 0 Å². The monoisotopic (exact) mass is 284 g/mol. The first-order chi connectivity index (χ1) is 10.4. The van der Waals surface area contributed by atoms with Gasteiger partial charge < -0.3 is 10.3 Å². The smallest absolute Gasteiger partial charge is 0.137 e. The van der Waals surface area contributed by atoms with Crippen molar-refractivity contribution in [3.05, 3.63) is 29.6 Å². The maximum atomic E-state index is 4.54. The fourth-order valence-corrected chi connectivity index (χ4v) is 3.89. The number of likely N-dealkylation sites (tertiary alicyclic amines) is 1. The molecule has 2 saturated heterocycles. The highest BCUT2D eigenvalue weighted by Crippen LogP contribution is 2.33. The summed E-state index contributed by atoms with van der Waals surface area (Å²) in [4.78, 5) is 10.8. The lowest BCUT2D eigenvalue weighted by Crippen LogP contribution is -2.28. The Hall–Kier alpha value is -1.39. The van der Waals surface area contributed by atoms with Crippen molar-refractivity contribution in [2.75, 3.05) is 26.2 Å². The zero-order valence-electron chi connectivity index (χ0n) is 12.6. The molecule has 21 heavy (non-hydrogen) atoms. The Morgan fingerprint density at radius 1 is 1.19 bits per heavy atom. The van der Waals surface area contributed by atoms with Crippen LogP contribution >= 0.6 is 0 Å². The zero-order valence-corrected chi connectivity index (χ0v) is 12.6. The minimum atomic E-state index is 0.665. The van der Waals surface area contributed by atoms with Crippen molar-refractivity contribution in [1.29, 1.82) is 0 Å². The third-order valence-corrected chi connectivity index (χ3v) is 5.04. The molecule has 4 rings (SSSR count). The Balaban J connectivity index is 1.72. The standard InChI is InChI=1S/C17H24N4/c1-2-11-21(10-1)12-15-14-4-3-7-19-17(14)20-16(15)13-5-8-18-9-6-13/h3-4,7,13,18H,1-2,5-6,8-12H2,(H,19,20). The van der Waals surface area contributed by atoms with Gasteiger partial charge in [0.15, 0.2) is 0 Å². The highest BCUT2D eigenvalue weighted by molar-refractivity contribution is 5.81. The van der Waals surface area contributed by atoms with Gasteiger partial charge in [-0.2, -0.15) is 0 Å². The molecular formula is C17H24N4. The molecule has 2 aliphatic rings. The average molecular weight is 284 g/mol. The average Bonchev–Trinajstić information content (AvgIpc) is 3.17. The second-order valence-electron chi connectivity index (χ2n) is 6.42. The van der Waals surface area contributed by atoms with Gasteiger partial charge in [0.25, 0.3) is 0 Å². The first kappa shape index (κ1) is 13.3. The quantitative estimate of drug-likeness (QED) is 0.910. The number of pyridine rings is 1. The van der Waals surface area contributed by atoms with E-state index in [-0.39, 0.29) is 0 Å². The van der Waals surface area contributed by atoms with Crippen LogP contribution in [-0.4, -0.2) is 41.0 Å². The molecule has 2 aromatic heterocycles. The normalized spacial score (nSPS) is 21.3. The first-order valence-electron chi connectivity index (χ1n) is 8.30. The molecule has 2 aliphatic heterocycles. The second-order valence-corrected chi connectivity index (χ2v) is 6.42. The summed E-state index contributed by atoms with van der Waals surface area (Å²) < 4.78 is 0. The van der Waals surface area contributed by atoms with Crippen molar-refractivity contribution < 1.29 is 0 Å². The lowest BCUT2D eigenvalue weighted by atomic mass is 9.91. The zero-order chi connectivity index (χ0) is 14.1. The van der Waals surface area contributed by atoms with E-state index in [4.69, 9.17) is 0 Å². The van der Waals surface area contributed by atoms with Crippen LogP contribution < -0.4 is 5.32 Å². The van der Waals surface area contributed by atoms with E-state index in [0.717, 1.165) is 25.3 Å². The van der Waals surface area contributed by atoms with Gasteiger partial charge in [-0.1, -0.05) is 0 Å². The Labute approximate surface area is 125 Å². The fourth-order valence-electron chi connectivity index (χ4n) is 3.89. The molecule has 0 spiro atoms. The molecule has 2 fully saturated rings. The highest BCUT2D eigenvalue weighted by Gasteiger charge is 2.24. The molecule has 4 nitrogen and oxygen atoms in total. The third kappa shape index (κ3) is 2.58. The van der Waals surface area contributed by atoms with Gasteiger partial charge >= 0.3 is 0 Å². The Kier molecular flexibility index (Phi) is 3.65. The third-order valence-electron chi connectivity index (χ3n) is 5.04. The highest BCUT2D eigenvalue weighted by atomic mass is 15.1. The molecule has 4 heterocycles. The van der Waals surface area contributed by atoms with E-state index in [1.807, 2.05) is 6.20 Å². The number of H-pyrrole nitrogens is 1. The minimum Gasteiger partial charge on any atom is -0.343 e. The SMILES string of the molecule is c1cnc2[nH]c(C3CCNCC3)c(CN3CCCC3)c2c1. The van der Waals surface area contributed by atoms with E-state index in [0.29, 0.717) is 5.92 Å². The van der Waals surface area contributed by atoms with E-state index < -0.39 is 0 Å². The summed E-state index contributed by atoms with van der Waals surface area (Å²) in [5, 5.41) is 4.80. The fraction of sp³-hybridized carbons (Fsp3) is 0.588. The molecule has 0 atom stereocenters. The number of hydrogen-bond acceptors (Lipinski definition) is 3. The number of aromatic amines is 1. The van der Waals surface area contributed by atoms with Gasteiger partial charge in [-0.15, -0.1) is 0 Å². The topological polar surface area (TPSA) is 44.0 Å². The second kappa shape index (κ2) is 5.78. The van der Waals surface area contributed by atoms with Crippen LogP contribution in [0.25, 0.3) is 11.0 Å². The van der Waals surface area contributed by atoms with Crippen molar-refractivity contribution in [1.82, 2.24) is 20.2 Å². The predicted molar refractivity (Wildman–Crippen MR) is 85.4 cm³/mol. The Morgan fingerprint density at radius 2 is 2.00 bits per heavy atom. The largest absolute Gasteiger partial charge is 0.343 e. The van der Waals surface area contributed by atoms with Crippen LogP contribution in [0.5, 0.6) is 0 Å². The molecule has 112 valence electrons. The summed E-state index contributed by atoms with van der Waals surface area (Å²) in [5.74, 6) is 0.665. The summed E-state index contributed by atoms with van der Waals surface area (Å²) in [6, 6.07) is 4.30. The molecule has 2 N–H and O–H groups in total. The molecule has 0 radical (unpaired) electrons. The predicted octanol–water partition coefficient (Wildman–Crippen LogP) is 2.63. The van der Waals surface area contributed by atoms with Gasteiger partial charge in [0.2, 0.25) is 0 Å². The molecule has 0 saturated carbocycles. The van der Waals surface area contributed by atoms with E-state index in [2.05, 4.69) is 32.3 Å². The van der Waals surface area contributed by atoms with Gasteiger partial charge in [0, 0.05) is 29.7 Å².